The van der Waals surface area contributed by atoms with Crippen LogP contribution in [-0.4, -0.2) is 13.7 Å². The molecule has 2 rings (SSSR count). The number of hydrogen-bond acceptors (Lipinski definition) is 3. The van der Waals surface area contributed by atoms with Crippen LogP contribution in [0.4, 0.5) is 4.39 Å². The largest absolute Gasteiger partial charge is 0.496 e. The zero-order chi connectivity index (χ0) is 15.2. The molecule has 0 spiro atoms. The normalized spacial score (nSPS) is 12.4. The average molecular weight is 328 g/mol. The van der Waals surface area contributed by atoms with E-state index in [1.54, 1.807) is 30.6 Å². The molecule has 0 saturated heterocycles. The fourth-order valence-electron chi connectivity index (χ4n) is 2.21. The van der Waals surface area contributed by atoms with Gasteiger partial charge in [0.1, 0.15) is 11.6 Å². The van der Waals surface area contributed by atoms with E-state index in [4.69, 9.17) is 16.3 Å². The summed E-state index contributed by atoms with van der Waals surface area (Å²) >= 11 is 7.53. The van der Waals surface area contributed by atoms with Crippen LogP contribution >= 0.6 is 22.9 Å². The minimum absolute atomic E-state index is 0.140. The second-order valence-electron chi connectivity index (χ2n) is 4.81. The van der Waals surface area contributed by atoms with E-state index in [1.807, 2.05) is 11.4 Å². The van der Waals surface area contributed by atoms with Crippen LogP contribution in [0.15, 0.2) is 29.6 Å². The van der Waals surface area contributed by atoms with E-state index in [9.17, 15) is 4.39 Å². The fourth-order valence-corrected chi connectivity index (χ4v) is 3.35. The maximum absolute atomic E-state index is 13.3. The van der Waals surface area contributed by atoms with Gasteiger partial charge in [-0.1, -0.05) is 24.6 Å². The number of ether oxygens (including phenoxy) is 1. The summed E-state index contributed by atoms with van der Waals surface area (Å²) in [5.74, 6) is 0.508. The second-order valence-corrected chi connectivity index (χ2v) is 6.17. The summed E-state index contributed by atoms with van der Waals surface area (Å²) in [6.07, 6.45) is 1.80. The maximum atomic E-state index is 13.3. The highest BCUT2D eigenvalue weighted by atomic mass is 35.5. The van der Waals surface area contributed by atoms with Gasteiger partial charge in [0.25, 0.3) is 0 Å². The van der Waals surface area contributed by atoms with Gasteiger partial charge in [0.2, 0.25) is 0 Å². The molecule has 21 heavy (non-hydrogen) atoms. The third-order valence-electron chi connectivity index (χ3n) is 3.26. The highest BCUT2D eigenvalue weighted by molar-refractivity contribution is 7.10. The fraction of sp³-hybridized carbons (Fsp3) is 0.375. The number of rotatable bonds is 7. The Hall–Kier alpha value is -1.10. The minimum Gasteiger partial charge on any atom is -0.496 e. The summed E-state index contributed by atoms with van der Waals surface area (Å²) in [5, 5.41) is 5.71. The Balaban J connectivity index is 2.21. The number of hydrogen-bond donors (Lipinski definition) is 1. The van der Waals surface area contributed by atoms with Crippen LogP contribution in [-0.2, 0) is 6.42 Å². The van der Waals surface area contributed by atoms with Crippen LogP contribution < -0.4 is 10.1 Å². The summed E-state index contributed by atoms with van der Waals surface area (Å²) in [4.78, 5) is 1.16. The molecule has 1 aromatic heterocycles. The zero-order valence-electron chi connectivity index (χ0n) is 12.2. The van der Waals surface area contributed by atoms with Crippen molar-refractivity contribution in [3.05, 3.63) is 50.9 Å². The molecule has 2 aromatic rings. The van der Waals surface area contributed by atoms with Crippen LogP contribution in [0.3, 0.4) is 0 Å². The van der Waals surface area contributed by atoms with E-state index in [2.05, 4.69) is 12.2 Å². The van der Waals surface area contributed by atoms with Crippen molar-refractivity contribution in [1.82, 2.24) is 5.32 Å². The van der Waals surface area contributed by atoms with Gasteiger partial charge in [-0.05, 0) is 48.5 Å². The Bertz CT molecular complexity index is 587. The van der Waals surface area contributed by atoms with Crippen LogP contribution in [0.5, 0.6) is 5.75 Å². The molecule has 0 amide bonds. The van der Waals surface area contributed by atoms with Gasteiger partial charge in [-0.3, -0.25) is 0 Å². The average Bonchev–Trinajstić information content (AvgIpc) is 2.95. The third-order valence-corrected chi connectivity index (χ3v) is 4.56. The molecule has 1 N–H and O–H groups in total. The van der Waals surface area contributed by atoms with Gasteiger partial charge < -0.3 is 10.1 Å². The molecule has 0 saturated carbocycles. The first-order chi connectivity index (χ1) is 10.2. The molecule has 0 fully saturated rings. The summed E-state index contributed by atoms with van der Waals surface area (Å²) < 4.78 is 18.7. The molecular formula is C16H19ClFNOS. The number of thiophene rings is 1. The SMILES string of the molecule is CCCNC(Cc1ccc(F)c(Cl)c1)c1sccc1OC. The van der Waals surface area contributed by atoms with Gasteiger partial charge in [0.15, 0.2) is 0 Å². The molecule has 1 heterocycles. The van der Waals surface area contributed by atoms with E-state index in [1.165, 1.54) is 6.07 Å². The Morgan fingerprint density at radius 3 is 2.86 bits per heavy atom. The molecule has 0 bridgehead atoms. The first kappa shape index (κ1) is 16.3. The van der Waals surface area contributed by atoms with Crippen molar-refractivity contribution in [2.24, 2.45) is 0 Å². The van der Waals surface area contributed by atoms with Gasteiger partial charge in [-0.15, -0.1) is 11.3 Å². The summed E-state index contributed by atoms with van der Waals surface area (Å²) in [6.45, 7) is 3.05. The second kappa shape index (κ2) is 7.78. The van der Waals surface area contributed by atoms with Gasteiger partial charge in [-0.25, -0.2) is 4.39 Å². The van der Waals surface area contributed by atoms with Crippen molar-refractivity contribution in [3.8, 4) is 5.75 Å². The first-order valence-electron chi connectivity index (χ1n) is 6.94. The Morgan fingerprint density at radius 1 is 1.38 bits per heavy atom. The molecule has 1 aromatic carbocycles. The smallest absolute Gasteiger partial charge is 0.141 e. The van der Waals surface area contributed by atoms with Gasteiger partial charge in [0, 0.05) is 6.04 Å². The van der Waals surface area contributed by atoms with Crippen LogP contribution in [0.2, 0.25) is 5.02 Å². The van der Waals surface area contributed by atoms with E-state index in [-0.39, 0.29) is 16.9 Å². The van der Waals surface area contributed by atoms with Crippen LogP contribution in [0.1, 0.15) is 29.8 Å². The van der Waals surface area contributed by atoms with Crippen molar-refractivity contribution in [3.63, 3.8) is 0 Å². The lowest BCUT2D eigenvalue weighted by Crippen LogP contribution is -2.23. The summed E-state index contributed by atoms with van der Waals surface area (Å²) in [7, 11) is 1.68. The Morgan fingerprint density at radius 2 is 2.19 bits per heavy atom. The minimum atomic E-state index is -0.382. The number of benzene rings is 1. The molecule has 5 heteroatoms. The summed E-state index contributed by atoms with van der Waals surface area (Å²) in [5.41, 5.74) is 1.01. The van der Waals surface area contributed by atoms with Crippen molar-refractivity contribution >= 4 is 22.9 Å². The molecule has 0 aliphatic carbocycles. The predicted octanol–water partition coefficient (Wildman–Crippen LogP) is 4.83. The molecule has 1 atom stereocenters. The maximum Gasteiger partial charge on any atom is 0.141 e. The van der Waals surface area contributed by atoms with E-state index in [0.29, 0.717) is 0 Å². The lowest BCUT2D eigenvalue weighted by Gasteiger charge is -2.19. The zero-order valence-corrected chi connectivity index (χ0v) is 13.7. The van der Waals surface area contributed by atoms with Gasteiger partial charge in [-0.2, -0.15) is 0 Å². The molecule has 1 unspecified atom stereocenters. The number of halogens is 2. The molecule has 0 radical (unpaired) electrons. The van der Waals surface area contributed by atoms with Crippen molar-refractivity contribution in [2.75, 3.05) is 13.7 Å². The molecular weight excluding hydrogens is 309 g/mol. The molecule has 2 nitrogen and oxygen atoms in total. The summed E-state index contributed by atoms with van der Waals surface area (Å²) in [6, 6.07) is 7.00. The lowest BCUT2D eigenvalue weighted by molar-refractivity contribution is 0.402. The van der Waals surface area contributed by atoms with Crippen LogP contribution in [0.25, 0.3) is 0 Å². The predicted molar refractivity (Wildman–Crippen MR) is 87.0 cm³/mol. The van der Waals surface area contributed by atoms with Crippen molar-refractivity contribution in [2.45, 2.75) is 25.8 Å². The standard InChI is InChI=1S/C16H19ClFNOS/c1-3-7-19-14(16-15(20-2)6-8-21-16)10-11-4-5-13(18)12(17)9-11/h4-6,8-9,14,19H,3,7,10H2,1-2H3. The Labute approximate surface area is 133 Å². The quantitative estimate of drug-likeness (QED) is 0.786. The number of methoxy groups -OCH3 is 1. The van der Waals surface area contributed by atoms with Gasteiger partial charge in [0.05, 0.1) is 17.0 Å². The highest BCUT2D eigenvalue weighted by Crippen LogP contribution is 2.33. The topological polar surface area (TPSA) is 21.3 Å². The highest BCUT2D eigenvalue weighted by Gasteiger charge is 2.18. The lowest BCUT2D eigenvalue weighted by atomic mass is 10.0. The van der Waals surface area contributed by atoms with Crippen LogP contribution in [0, 0.1) is 5.82 Å². The third kappa shape index (κ3) is 4.19. The first-order valence-corrected chi connectivity index (χ1v) is 8.20. The molecule has 0 aliphatic rings. The van der Waals surface area contributed by atoms with Gasteiger partial charge >= 0.3 is 0 Å². The van der Waals surface area contributed by atoms with Crippen molar-refractivity contribution < 1.29 is 9.13 Å². The van der Waals surface area contributed by atoms with Crippen molar-refractivity contribution in [1.29, 1.82) is 0 Å². The number of nitrogens with one attached hydrogen (secondary N) is 1. The van der Waals surface area contributed by atoms with E-state index in [0.717, 1.165) is 35.6 Å². The van der Waals surface area contributed by atoms with E-state index < -0.39 is 0 Å². The molecule has 114 valence electrons. The molecule has 0 aliphatic heterocycles. The van der Waals surface area contributed by atoms with E-state index >= 15 is 0 Å². The Kier molecular flexibility index (Phi) is 6.03. The monoisotopic (exact) mass is 327 g/mol.